The summed E-state index contributed by atoms with van der Waals surface area (Å²) >= 11 is 0. The first-order valence-corrected chi connectivity index (χ1v) is 9.28. The van der Waals surface area contributed by atoms with Crippen LogP contribution in [0, 0.1) is 0 Å². The molecule has 27 heavy (non-hydrogen) atoms. The highest BCUT2D eigenvalue weighted by atomic mass is 16.6. The van der Waals surface area contributed by atoms with Gasteiger partial charge in [-0.15, -0.1) is 0 Å². The summed E-state index contributed by atoms with van der Waals surface area (Å²) in [5.74, 6) is 0.657. The van der Waals surface area contributed by atoms with Crippen LogP contribution in [0.25, 0.3) is 21.9 Å². The van der Waals surface area contributed by atoms with Gasteiger partial charge in [-0.25, -0.2) is 4.79 Å². The average Bonchev–Trinajstić information content (AvgIpc) is 3.35. The second-order valence-electron chi connectivity index (χ2n) is 8.18. The SMILES string of the molecule is CC1(C)O[C@H]1CC[C@@]1(C)O[C@@H]1COc1c2ccoc2cc2oc(=O)ccc12. The molecule has 4 heterocycles. The van der Waals surface area contributed by atoms with Crippen LogP contribution in [0.4, 0.5) is 0 Å². The van der Waals surface area contributed by atoms with E-state index < -0.39 is 5.63 Å². The molecule has 5 rings (SSSR count). The van der Waals surface area contributed by atoms with Crippen molar-refractivity contribution in [3.8, 4) is 5.75 Å². The van der Waals surface area contributed by atoms with Crippen LogP contribution in [0.15, 0.2) is 44.2 Å². The lowest BCUT2D eigenvalue weighted by molar-refractivity contribution is 0.248. The Kier molecular flexibility index (Phi) is 3.49. The van der Waals surface area contributed by atoms with Crippen molar-refractivity contribution in [2.24, 2.45) is 0 Å². The maximum absolute atomic E-state index is 11.5. The van der Waals surface area contributed by atoms with E-state index in [4.69, 9.17) is 23.0 Å². The lowest BCUT2D eigenvalue weighted by Gasteiger charge is -2.10. The summed E-state index contributed by atoms with van der Waals surface area (Å²) < 4.78 is 28.5. The third-order valence-corrected chi connectivity index (χ3v) is 5.79. The Labute approximate surface area is 156 Å². The van der Waals surface area contributed by atoms with E-state index in [1.54, 1.807) is 18.4 Å². The van der Waals surface area contributed by atoms with Crippen molar-refractivity contribution in [3.05, 3.63) is 40.9 Å². The van der Waals surface area contributed by atoms with Gasteiger partial charge in [0.25, 0.3) is 0 Å². The van der Waals surface area contributed by atoms with Crippen LogP contribution < -0.4 is 10.4 Å². The number of benzene rings is 1. The van der Waals surface area contributed by atoms with E-state index >= 15 is 0 Å². The minimum absolute atomic E-state index is 0.0109. The number of epoxide rings is 2. The number of fused-ring (bicyclic) bond motifs is 2. The average molecular weight is 370 g/mol. The van der Waals surface area contributed by atoms with Crippen molar-refractivity contribution in [1.82, 2.24) is 0 Å². The summed E-state index contributed by atoms with van der Waals surface area (Å²) in [5, 5.41) is 1.60. The quantitative estimate of drug-likeness (QED) is 0.481. The van der Waals surface area contributed by atoms with Gasteiger partial charge in [0.15, 0.2) is 0 Å². The second kappa shape index (κ2) is 5.59. The van der Waals surface area contributed by atoms with Crippen LogP contribution in [0.3, 0.4) is 0 Å². The van der Waals surface area contributed by atoms with Crippen LogP contribution in [-0.2, 0) is 9.47 Å². The Hall–Kier alpha value is -2.31. The lowest BCUT2D eigenvalue weighted by Crippen LogP contribution is -2.17. The van der Waals surface area contributed by atoms with Crippen LogP contribution >= 0.6 is 0 Å². The smallest absolute Gasteiger partial charge is 0.336 e. The molecule has 0 amide bonds. The molecule has 0 aliphatic carbocycles. The Bertz CT molecular complexity index is 1080. The number of ether oxygens (including phenoxy) is 3. The molecule has 0 unspecified atom stereocenters. The van der Waals surface area contributed by atoms with E-state index in [9.17, 15) is 4.79 Å². The molecule has 0 saturated carbocycles. The zero-order valence-electron chi connectivity index (χ0n) is 15.6. The van der Waals surface area contributed by atoms with Crippen molar-refractivity contribution < 1.29 is 23.0 Å². The van der Waals surface area contributed by atoms with E-state index in [2.05, 4.69) is 20.8 Å². The summed E-state index contributed by atoms with van der Waals surface area (Å²) in [6.07, 6.45) is 3.90. The van der Waals surface area contributed by atoms with Gasteiger partial charge in [0.1, 0.15) is 29.6 Å². The topological polar surface area (TPSA) is 77.6 Å². The van der Waals surface area contributed by atoms with E-state index in [1.807, 2.05) is 6.07 Å². The molecule has 3 atom stereocenters. The highest BCUT2D eigenvalue weighted by Crippen LogP contribution is 2.46. The van der Waals surface area contributed by atoms with Crippen LogP contribution in [0.5, 0.6) is 5.75 Å². The second-order valence-corrected chi connectivity index (χ2v) is 8.18. The Morgan fingerprint density at radius 3 is 2.59 bits per heavy atom. The number of hydrogen-bond donors (Lipinski definition) is 0. The van der Waals surface area contributed by atoms with Gasteiger partial charge in [0.2, 0.25) is 0 Å². The molecular formula is C21H22O6. The fourth-order valence-electron chi connectivity index (χ4n) is 3.80. The van der Waals surface area contributed by atoms with Gasteiger partial charge in [-0.1, -0.05) is 0 Å². The summed E-state index contributed by atoms with van der Waals surface area (Å²) in [6, 6.07) is 6.70. The first-order chi connectivity index (χ1) is 12.9. The summed E-state index contributed by atoms with van der Waals surface area (Å²) in [7, 11) is 0. The lowest BCUT2D eigenvalue weighted by atomic mass is 9.97. The van der Waals surface area contributed by atoms with Gasteiger partial charge in [-0.05, 0) is 45.7 Å². The third kappa shape index (κ3) is 2.93. The van der Waals surface area contributed by atoms with Gasteiger partial charge in [-0.3, -0.25) is 0 Å². The Morgan fingerprint density at radius 2 is 1.81 bits per heavy atom. The predicted molar refractivity (Wildman–Crippen MR) is 99.2 cm³/mol. The van der Waals surface area contributed by atoms with E-state index in [0.29, 0.717) is 29.6 Å². The molecule has 6 nitrogen and oxygen atoms in total. The van der Waals surface area contributed by atoms with E-state index in [-0.39, 0.29) is 17.3 Å². The summed E-state index contributed by atoms with van der Waals surface area (Å²) in [4.78, 5) is 11.5. The molecule has 2 aliphatic heterocycles. The maximum atomic E-state index is 11.5. The molecule has 1 aromatic carbocycles. The van der Waals surface area contributed by atoms with Crippen LogP contribution in [0.2, 0.25) is 0 Å². The normalized spacial score (nSPS) is 28.6. The molecule has 2 saturated heterocycles. The maximum Gasteiger partial charge on any atom is 0.336 e. The van der Waals surface area contributed by atoms with Gasteiger partial charge < -0.3 is 23.0 Å². The summed E-state index contributed by atoms with van der Waals surface area (Å²) in [5.41, 5.74) is 0.515. The molecule has 2 aromatic heterocycles. The fraction of sp³-hybridized carbons (Fsp3) is 0.476. The van der Waals surface area contributed by atoms with Crippen molar-refractivity contribution >= 4 is 21.9 Å². The first kappa shape index (κ1) is 16.8. The number of rotatable bonds is 6. The van der Waals surface area contributed by atoms with Crippen molar-refractivity contribution in [1.29, 1.82) is 0 Å². The molecule has 0 bridgehead atoms. The minimum atomic E-state index is -0.400. The van der Waals surface area contributed by atoms with E-state index in [1.165, 1.54) is 6.07 Å². The Balaban J connectivity index is 1.33. The molecule has 0 spiro atoms. The van der Waals surface area contributed by atoms with Crippen molar-refractivity contribution in [2.75, 3.05) is 6.61 Å². The fourth-order valence-corrected chi connectivity index (χ4v) is 3.80. The number of hydrogen-bond acceptors (Lipinski definition) is 6. The van der Waals surface area contributed by atoms with Crippen LogP contribution in [-0.4, -0.2) is 30.0 Å². The molecule has 0 N–H and O–H groups in total. The van der Waals surface area contributed by atoms with Crippen molar-refractivity contribution in [3.63, 3.8) is 0 Å². The molecular weight excluding hydrogens is 348 g/mol. The standard InChI is InChI=1S/C21H22O6/c1-20(2)16(26-20)6-8-21(3)17(27-21)11-24-19-12-4-5-18(22)25-15(12)10-14-13(19)7-9-23-14/h4-5,7,9-10,16-17H,6,8,11H2,1-3H3/t16-,17+,21+/m0/s1. The molecule has 3 aromatic rings. The van der Waals surface area contributed by atoms with Gasteiger partial charge in [0, 0.05) is 12.1 Å². The van der Waals surface area contributed by atoms with Crippen molar-refractivity contribution in [2.45, 2.75) is 57.0 Å². The highest BCUT2D eigenvalue weighted by Gasteiger charge is 2.55. The third-order valence-electron chi connectivity index (χ3n) is 5.79. The van der Waals surface area contributed by atoms with E-state index in [0.717, 1.165) is 23.6 Å². The van der Waals surface area contributed by atoms with Crippen LogP contribution in [0.1, 0.15) is 33.6 Å². The van der Waals surface area contributed by atoms with Gasteiger partial charge in [0.05, 0.1) is 34.3 Å². The van der Waals surface area contributed by atoms with Gasteiger partial charge in [-0.2, -0.15) is 0 Å². The molecule has 6 heteroatoms. The summed E-state index contributed by atoms with van der Waals surface area (Å²) in [6.45, 7) is 6.78. The molecule has 2 aliphatic rings. The first-order valence-electron chi connectivity index (χ1n) is 9.28. The molecule has 142 valence electrons. The molecule has 0 radical (unpaired) electrons. The minimum Gasteiger partial charge on any atom is -0.489 e. The predicted octanol–water partition coefficient (Wildman–Crippen LogP) is 4.03. The Morgan fingerprint density at radius 1 is 1.04 bits per heavy atom. The monoisotopic (exact) mass is 370 g/mol. The zero-order chi connectivity index (χ0) is 18.8. The highest BCUT2D eigenvalue weighted by molar-refractivity contribution is 6.01. The van der Waals surface area contributed by atoms with Gasteiger partial charge >= 0.3 is 5.63 Å². The zero-order valence-corrected chi connectivity index (χ0v) is 15.6. The number of furan rings is 1. The molecule has 2 fully saturated rings. The largest absolute Gasteiger partial charge is 0.489 e.